The summed E-state index contributed by atoms with van der Waals surface area (Å²) in [5.74, 6) is 0.0379. The number of carbonyl (C=O) groups is 1. The monoisotopic (exact) mass is 502 g/mol. The van der Waals surface area contributed by atoms with Crippen LogP contribution in [0.25, 0.3) is 11.1 Å². The fourth-order valence-electron chi connectivity index (χ4n) is 3.82. The van der Waals surface area contributed by atoms with Crippen molar-refractivity contribution >= 4 is 34.9 Å². The highest BCUT2D eigenvalue weighted by atomic mass is 35.5. The van der Waals surface area contributed by atoms with Crippen LogP contribution in [0.5, 0.6) is 0 Å². The van der Waals surface area contributed by atoms with Crippen molar-refractivity contribution in [2.45, 2.75) is 32.9 Å². The zero-order chi connectivity index (χ0) is 25.0. The highest BCUT2D eigenvalue weighted by Gasteiger charge is 2.18. The van der Waals surface area contributed by atoms with Gasteiger partial charge in [-0.3, -0.25) is 4.79 Å². The minimum Gasteiger partial charge on any atom is -0.363 e. The molecular weight excluding hydrogens is 474 g/mol. The second-order valence-electron chi connectivity index (χ2n) is 8.73. The molecule has 3 rings (SSSR count). The molecule has 0 saturated carbocycles. The molecule has 3 aromatic rings. The average molecular weight is 503 g/mol. The van der Waals surface area contributed by atoms with Gasteiger partial charge in [-0.1, -0.05) is 35.3 Å². The van der Waals surface area contributed by atoms with Crippen molar-refractivity contribution in [2.75, 3.05) is 26.0 Å². The lowest BCUT2D eigenvalue weighted by molar-refractivity contribution is 0.0934. The lowest BCUT2D eigenvalue weighted by atomic mass is 10.0. The van der Waals surface area contributed by atoms with Gasteiger partial charge in [-0.15, -0.1) is 0 Å². The molecule has 0 spiro atoms. The molecule has 1 amide bonds. The second-order valence-corrected chi connectivity index (χ2v) is 9.51. The number of nitrogens with zero attached hydrogens (tertiary/aromatic N) is 2. The van der Waals surface area contributed by atoms with Crippen molar-refractivity contribution in [2.24, 2.45) is 0 Å². The van der Waals surface area contributed by atoms with Crippen LogP contribution in [0.1, 0.15) is 41.4 Å². The van der Waals surface area contributed by atoms with Gasteiger partial charge in [0.2, 0.25) is 0 Å². The largest absolute Gasteiger partial charge is 0.363 e. The molecule has 5 nitrogen and oxygen atoms in total. The van der Waals surface area contributed by atoms with Crippen molar-refractivity contribution in [3.05, 3.63) is 81.2 Å². The third-order valence-corrected chi connectivity index (χ3v) is 6.15. The summed E-state index contributed by atoms with van der Waals surface area (Å²) in [7, 11) is 3.95. The van der Waals surface area contributed by atoms with Gasteiger partial charge in [0.05, 0.1) is 11.1 Å². The van der Waals surface area contributed by atoms with Gasteiger partial charge in [0.25, 0.3) is 5.91 Å². The van der Waals surface area contributed by atoms with E-state index in [1.54, 1.807) is 6.20 Å². The Morgan fingerprint density at radius 1 is 1.09 bits per heavy atom. The Labute approximate surface area is 210 Å². The van der Waals surface area contributed by atoms with Gasteiger partial charge in [0.15, 0.2) is 0 Å². The summed E-state index contributed by atoms with van der Waals surface area (Å²) >= 11 is 12.4. The van der Waals surface area contributed by atoms with Crippen molar-refractivity contribution in [1.29, 1.82) is 0 Å². The number of likely N-dealkylation sites (N-methyl/N-ethyl adjacent to an activating group) is 1. The van der Waals surface area contributed by atoms with Gasteiger partial charge in [-0.2, -0.15) is 0 Å². The van der Waals surface area contributed by atoms with Gasteiger partial charge in [0.1, 0.15) is 11.6 Å². The number of benzene rings is 2. The third kappa shape index (κ3) is 6.26. The summed E-state index contributed by atoms with van der Waals surface area (Å²) in [6.07, 6.45) is 1.76. The molecular formula is C26H29Cl2FN4O. The third-order valence-electron chi connectivity index (χ3n) is 5.44. The van der Waals surface area contributed by atoms with E-state index in [2.05, 4.69) is 15.6 Å². The fourth-order valence-corrected chi connectivity index (χ4v) is 4.51. The van der Waals surface area contributed by atoms with E-state index in [0.717, 1.165) is 23.2 Å². The molecule has 0 aliphatic heterocycles. The molecule has 2 N–H and O–H groups in total. The molecule has 0 radical (unpaired) electrons. The molecule has 0 saturated heterocycles. The quantitative estimate of drug-likeness (QED) is 0.352. The molecule has 180 valence electrons. The summed E-state index contributed by atoms with van der Waals surface area (Å²) in [6, 6.07) is 11.9. The smallest absolute Gasteiger partial charge is 0.251 e. The van der Waals surface area contributed by atoms with Crippen LogP contribution < -0.4 is 10.6 Å². The Hall–Kier alpha value is -2.67. The minimum atomic E-state index is -0.515. The maximum atomic E-state index is 13.9. The van der Waals surface area contributed by atoms with E-state index >= 15 is 0 Å². The standard InChI is InChI=1S/C26H29Cl2FN4O/c1-15-12-20(18-6-8-19(9-7-18)26(34)31-16(2)14-33(4)5)13-30-25(15)32-17(3)23-21(27)10-11-22(29)24(23)28/h6-13,16-17H,14H2,1-5H3,(H,30,32)(H,31,34). The molecule has 0 bridgehead atoms. The first-order valence-electron chi connectivity index (χ1n) is 11.0. The molecule has 34 heavy (non-hydrogen) atoms. The zero-order valence-corrected chi connectivity index (χ0v) is 21.4. The lowest BCUT2D eigenvalue weighted by Crippen LogP contribution is -2.39. The van der Waals surface area contributed by atoms with E-state index in [4.69, 9.17) is 23.2 Å². The molecule has 0 aliphatic carbocycles. The van der Waals surface area contributed by atoms with Crippen LogP contribution in [0, 0.1) is 12.7 Å². The number of carbonyl (C=O) groups excluding carboxylic acids is 1. The van der Waals surface area contributed by atoms with E-state index in [1.165, 1.54) is 12.1 Å². The minimum absolute atomic E-state index is 0.00186. The van der Waals surface area contributed by atoms with Crippen LogP contribution in [-0.4, -0.2) is 42.5 Å². The Morgan fingerprint density at radius 3 is 2.38 bits per heavy atom. The highest BCUT2D eigenvalue weighted by Crippen LogP contribution is 2.34. The summed E-state index contributed by atoms with van der Waals surface area (Å²) in [5.41, 5.74) is 3.87. The first kappa shape index (κ1) is 25.9. The van der Waals surface area contributed by atoms with Crippen LogP contribution >= 0.6 is 23.2 Å². The number of aryl methyl sites for hydroxylation is 1. The Kier molecular flexibility index (Phi) is 8.52. The summed E-state index contributed by atoms with van der Waals surface area (Å²) in [5, 5.41) is 6.66. The average Bonchev–Trinajstić information content (AvgIpc) is 2.77. The van der Waals surface area contributed by atoms with Gasteiger partial charge in [-0.05, 0) is 76.3 Å². The fraction of sp³-hybridized carbons (Fsp3) is 0.308. The summed E-state index contributed by atoms with van der Waals surface area (Å²) in [6.45, 7) is 6.54. The molecule has 0 fully saturated rings. The SMILES string of the molecule is Cc1cc(-c2ccc(C(=O)NC(C)CN(C)C)cc2)cnc1NC(C)c1c(Cl)ccc(F)c1Cl. The predicted molar refractivity (Wildman–Crippen MR) is 138 cm³/mol. The first-order valence-corrected chi connectivity index (χ1v) is 11.7. The summed E-state index contributed by atoms with van der Waals surface area (Å²) in [4.78, 5) is 19.1. The molecule has 0 aliphatic rings. The molecule has 8 heteroatoms. The van der Waals surface area contributed by atoms with E-state index < -0.39 is 5.82 Å². The van der Waals surface area contributed by atoms with E-state index in [1.807, 2.05) is 70.1 Å². The van der Waals surface area contributed by atoms with Crippen LogP contribution in [0.15, 0.2) is 48.7 Å². The van der Waals surface area contributed by atoms with Gasteiger partial charge < -0.3 is 15.5 Å². The zero-order valence-electron chi connectivity index (χ0n) is 19.9. The topological polar surface area (TPSA) is 57.3 Å². The van der Waals surface area contributed by atoms with E-state index in [9.17, 15) is 9.18 Å². The number of nitrogens with one attached hydrogen (secondary N) is 2. The van der Waals surface area contributed by atoms with Crippen molar-refractivity contribution in [3.63, 3.8) is 0 Å². The Bertz CT molecular complexity index is 1170. The Balaban J connectivity index is 1.73. The number of anilines is 1. The highest BCUT2D eigenvalue weighted by molar-refractivity contribution is 6.36. The lowest BCUT2D eigenvalue weighted by Gasteiger charge is -2.20. The number of aromatic nitrogens is 1. The van der Waals surface area contributed by atoms with Gasteiger partial charge in [0, 0.05) is 40.5 Å². The number of hydrogen-bond acceptors (Lipinski definition) is 4. The number of halogens is 3. The van der Waals surface area contributed by atoms with Crippen molar-refractivity contribution in [3.8, 4) is 11.1 Å². The normalized spacial score (nSPS) is 13.0. The molecule has 1 aromatic heterocycles. The van der Waals surface area contributed by atoms with E-state index in [-0.39, 0.29) is 23.0 Å². The molecule has 1 heterocycles. The van der Waals surface area contributed by atoms with Gasteiger partial charge >= 0.3 is 0 Å². The number of rotatable bonds is 8. The number of amides is 1. The van der Waals surface area contributed by atoms with Crippen LogP contribution in [0.2, 0.25) is 10.0 Å². The maximum Gasteiger partial charge on any atom is 0.251 e. The predicted octanol–water partition coefficient (Wildman–Crippen LogP) is 6.36. The van der Waals surface area contributed by atoms with Crippen LogP contribution in [-0.2, 0) is 0 Å². The molecule has 2 aromatic carbocycles. The number of pyridine rings is 1. The summed E-state index contributed by atoms with van der Waals surface area (Å²) < 4.78 is 13.9. The molecule has 2 unspecified atom stereocenters. The van der Waals surface area contributed by atoms with Crippen molar-refractivity contribution < 1.29 is 9.18 Å². The van der Waals surface area contributed by atoms with Crippen LogP contribution in [0.3, 0.4) is 0 Å². The van der Waals surface area contributed by atoms with Crippen molar-refractivity contribution in [1.82, 2.24) is 15.2 Å². The first-order chi connectivity index (χ1) is 16.1. The van der Waals surface area contributed by atoms with Crippen LogP contribution in [0.4, 0.5) is 10.2 Å². The van der Waals surface area contributed by atoms with Gasteiger partial charge in [-0.25, -0.2) is 9.37 Å². The second kappa shape index (κ2) is 11.2. The maximum absolute atomic E-state index is 13.9. The van der Waals surface area contributed by atoms with E-state index in [0.29, 0.717) is 22.0 Å². The number of hydrogen-bond donors (Lipinski definition) is 2. The Morgan fingerprint density at radius 2 is 1.76 bits per heavy atom. The molecule has 2 atom stereocenters.